The first-order chi connectivity index (χ1) is 12.8. The molecule has 146 valence electrons. The minimum Gasteiger partial charge on any atom is -0.224 e. The molecule has 27 heavy (non-hydrogen) atoms. The standard InChI is InChI=1S/C20H25NO4S2/c1-26(22,23)19-8-5-9-20(16-19)27(24,25)21-14-12-18(13-15-21)11-10-17-6-3-2-4-7-17/h2-9,16,18H,10-15H2,1H3. The van der Waals surface area contributed by atoms with E-state index in [1.807, 2.05) is 18.2 Å². The Hall–Kier alpha value is -1.70. The molecule has 0 amide bonds. The summed E-state index contributed by atoms with van der Waals surface area (Å²) in [5.74, 6) is 0.513. The Balaban J connectivity index is 1.63. The van der Waals surface area contributed by atoms with Crippen molar-refractivity contribution >= 4 is 19.9 Å². The van der Waals surface area contributed by atoms with Crippen molar-refractivity contribution in [1.82, 2.24) is 4.31 Å². The molecule has 0 atom stereocenters. The number of nitrogens with zero attached hydrogens (tertiary/aromatic N) is 1. The van der Waals surface area contributed by atoms with Crippen LogP contribution < -0.4 is 0 Å². The number of piperidine rings is 1. The summed E-state index contributed by atoms with van der Waals surface area (Å²) < 4.78 is 50.7. The molecule has 1 saturated heterocycles. The van der Waals surface area contributed by atoms with E-state index >= 15 is 0 Å². The quantitative estimate of drug-likeness (QED) is 0.738. The van der Waals surface area contributed by atoms with Crippen molar-refractivity contribution in [1.29, 1.82) is 0 Å². The molecular formula is C20H25NO4S2. The molecule has 0 N–H and O–H groups in total. The molecule has 5 nitrogen and oxygen atoms in total. The highest BCUT2D eigenvalue weighted by atomic mass is 32.2. The van der Waals surface area contributed by atoms with Gasteiger partial charge in [0.1, 0.15) is 0 Å². The lowest BCUT2D eigenvalue weighted by atomic mass is 9.91. The van der Waals surface area contributed by atoms with E-state index in [0.29, 0.717) is 19.0 Å². The van der Waals surface area contributed by atoms with Crippen LogP contribution in [0.25, 0.3) is 0 Å². The zero-order valence-electron chi connectivity index (χ0n) is 15.4. The van der Waals surface area contributed by atoms with Gasteiger partial charge in [-0.2, -0.15) is 4.31 Å². The van der Waals surface area contributed by atoms with E-state index in [1.165, 1.54) is 34.1 Å². The average Bonchev–Trinajstić information content (AvgIpc) is 2.67. The number of sulfone groups is 1. The Morgan fingerprint density at radius 2 is 1.52 bits per heavy atom. The van der Waals surface area contributed by atoms with Crippen LogP contribution in [0.4, 0.5) is 0 Å². The summed E-state index contributed by atoms with van der Waals surface area (Å²) in [5.41, 5.74) is 1.31. The van der Waals surface area contributed by atoms with Gasteiger partial charge in [-0.3, -0.25) is 0 Å². The number of rotatable bonds is 6. The molecule has 1 aliphatic heterocycles. The molecule has 0 aliphatic carbocycles. The predicted octanol–water partition coefficient (Wildman–Crippen LogP) is 3.12. The third-order valence-electron chi connectivity index (χ3n) is 5.13. The Labute approximate surface area is 162 Å². The normalized spacial score (nSPS) is 17.1. The highest BCUT2D eigenvalue weighted by Crippen LogP contribution is 2.27. The molecule has 2 aromatic rings. The van der Waals surface area contributed by atoms with E-state index in [4.69, 9.17) is 0 Å². The van der Waals surface area contributed by atoms with Gasteiger partial charge in [0.25, 0.3) is 0 Å². The average molecular weight is 408 g/mol. The SMILES string of the molecule is CS(=O)(=O)c1cccc(S(=O)(=O)N2CCC(CCc3ccccc3)CC2)c1. The Morgan fingerprint density at radius 3 is 2.15 bits per heavy atom. The lowest BCUT2D eigenvalue weighted by molar-refractivity contribution is 0.263. The van der Waals surface area contributed by atoms with E-state index in [1.54, 1.807) is 0 Å². The number of hydrogen-bond donors (Lipinski definition) is 0. The number of benzene rings is 2. The molecule has 1 heterocycles. The van der Waals surface area contributed by atoms with E-state index in [0.717, 1.165) is 31.9 Å². The van der Waals surface area contributed by atoms with Gasteiger partial charge in [0, 0.05) is 19.3 Å². The summed E-state index contributed by atoms with van der Waals surface area (Å²) >= 11 is 0. The van der Waals surface area contributed by atoms with E-state index in [9.17, 15) is 16.8 Å². The van der Waals surface area contributed by atoms with Gasteiger partial charge in [-0.15, -0.1) is 0 Å². The van der Waals surface area contributed by atoms with Gasteiger partial charge in [0.2, 0.25) is 10.0 Å². The second-order valence-corrected chi connectivity index (χ2v) is 11.1. The minimum absolute atomic E-state index is 0.0290. The van der Waals surface area contributed by atoms with Crippen LogP contribution in [-0.2, 0) is 26.3 Å². The fourth-order valence-electron chi connectivity index (χ4n) is 3.47. The van der Waals surface area contributed by atoms with Gasteiger partial charge in [-0.25, -0.2) is 16.8 Å². The summed E-state index contributed by atoms with van der Waals surface area (Å²) in [6, 6.07) is 15.9. The first kappa shape index (κ1) is 20.0. The minimum atomic E-state index is -3.67. The lowest BCUT2D eigenvalue weighted by Crippen LogP contribution is -2.38. The molecule has 2 aromatic carbocycles. The third-order valence-corrected chi connectivity index (χ3v) is 8.13. The maximum atomic E-state index is 12.9. The van der Waals surface area contributed by atoms with Gasteiger partial charge < -0.3 is 0 Å². The number of aryl methyl sites for hydroxylation is 1. The second-order valence-electron chi connectivity index (χ2n) is 7.12. The Bertz CT molecular complexity index is 978. The molecule has 0 unspecified atom stereocenters. The van der Waals surface area contributed by atoms with Gasteiger partial charge in [0.15, 0.2) is 9.84 Å². The van der Waals surface area contributed by atoms with Crippen LogP contribution in [-0.4, -0.2) is 40.5 Å². The maximum Gasteiger partial charge on any atom is 0.243 e. The molecule has 0 bridgehead atoms. The Kier molecular flexibility index (Phi) is 6.03. The zero-order chi connectivity index (χ0) is 19.5. The summed E-state index contributed by atoms with van der Waals surface area (Å²) in [7, 11) is -7.11. The van der Waals surface area contributed by atoms with Crippen LogP contribution in [0.15, 0.2) is 64.4 Å². The van der Waals surface area contributed by atoms with Gasteiger partial charge in [0.05, 0.1) is 9.79 Å². The molecule has 0 spiro atoms. The maximum absolute atomic E-state index is 12.9. The van der Waals surface area contributed by atoms with E-state index < -0.39 is 19.9 Å². The van der Waals surface area contributed by atoms with Crippen molar-refractivity contribution in [3.8, 4) is 0 Å². The van der Waals surface area contributed by atoms with E-state index in [2.05, 4.69) is 12.1 Å². The van der Waals surface area contributed by atoms with Crippen molar-refractivity contribution in [2.75, 3.05) is 19.3 Å². The second kappa shape index (κ2) is 8.12. The number of hydrogen-bond acceptors (Lipinski definition) is 4. The summed E-state index contributed by atoms with van der Waals surface area (Å²) in [6.07, 6.45) is 4.81. The highest BCUT2D eigenvalue weighted by Gasteiger charge is 2.29. The fraction of sp³-hybridized carbons (Fsp3) is 0.400. The molecule has 3 rings (SSSR count). The van der Waals surface area contributed by atoms with Gasteiger partial charge >= 0.3 is 0 Å². The topological polar surface area (TPSA) is 71.5 Å². The van der Waals surface area contributed by atoms with Crippen LogP contribution in [0.2, 0.25) is 0 Å². The monoisotopic (exact) mass is 407 g/mol. The summed E-state index contributed by atoms with van der Waals surface area (Å²) in [5, 5.41) is 0. The van der Waals surface area contributed by atoms with Crippen LogP contribution in [0, 0.1) is 5.92 Å². The van der Waals surface area contributed by atoms with Gasteiger partial charge in [-0.05, 0) is 55.4 Å². The summed E-state index contributed by atoms with van der Waals surface area (Å²) in [4.78, 5) is 0.0782. The lowest BCUT2D eigenvalue weighted by Gasteiger charge is -2.31. The molecular weight excluding hydrogens is 382 g/mol. The summed E-state index contributed by atoms with van der Waals surface area (Å²) in [6.45, 7) is 0.954. The first-order valence-electron chi connectivity index (χ1n) is 9.11. The highest BCUT2D eigenvalue weighted by molar-refractivity contribution is 7.91. The first-order valence-corrected chi connectivity index (χ1v) is 12.4. The number of sulfonamides is 1. The zero-order valence-corrected chi connectivity index (χ0v) is 17.0. The fourth-order valence-corrected chi connectivity index (χ4v) is 5.73. The van der Waals surface area contributed by atoms with Crippen LogP contribution >= 0.6 is 0 Å². The van der Waals surface area contributed by atoms with Crippen molar-refractivity contribution in [2.45, 2.75) is 35.5 Å². The smallest absolute Gasteiger partial charge is 0.224 e. The molecule has 1 fully saturated rings. The molecule has 7 heteroatoms. The molecule has 0 aromatic heterocycles. The largest absolute Gasteiger partial charge is 0.243 e. The van der Waals surface area contributed by atoms with Crippen molar-refractivity contribution < 1.29 is 16.8 Å². The van der Waals surface area contributed by atoms with E-state index in [-0.39, 0.29) is 9.79 Å². The molecule has 1 aliphatic rings. The molecule has 0 radical (unpaired) electrons. The van der Waals surface area contributed by atoms with Crippen LogP contribution in [0.5, 0.6) is 0 Å². The van der Waals surface area contributed by atoms with Crippen molar-refractivity contribution in [3.63, 3.8) is 0 Å². The van der Waals surface area contributed by atoms with Crippen LogP contribution in [0.1, 0.15) is 24.8 Å². The van der Waals surface area contributed by atoms with Crippen molar-refractivity contribution in [3.05, 3.63) is 60.2 Å². The predicted molar refractivity (Wildman–Crippen MR) is 106 cm³/mol. The van der Waals surface area contributed by atoms with Crippen LogP contribution in [0.3, 0.4) is 0 Å². The Morgan fingerprint density at radius 1 is 0.889 bits per heavy atom. The molecule has 0 saturated carbocycles. The van der Waals surface area contributed by atoms with Gasteiger partial charge in [-0.1, -0.05) is 36.4 Å². The van der Waals surface area contributed by atoms with Crippen molar-refractivity contribution in [2.24, 2.45) is 5.92 Å². The third kappa shape index (κ3) is 4.97.